The number of pyridine rings is 1. The van der Waals surface area contributed by atoms with E-state index < -0.39 is 15.8 Å². The van der Waals surface area contributed by atoms with Crippen LogP contribution in [0.5, 0.6) is 0 Å². The molecule has 0 fully saturated rings. The van der Waals surface area contributed by atoms with Crippen molar-refractivity contribution in [3.63, 3.8) is 0 Å². The minimum absolute atomic E-state index is 0.0642. The minimum Gasteiger partial charge on any atom is -0.387 e. The Labute approximate surface area is 117 Å². The van der Waals surface area contributed by atoms with E-state index in [1.807, 2.05) is 0 Å². The van der Waals surface area contributed by atoms with E-state index in [0.717, 1.165) is 4.31 Å². The molecule has 7 heteroatoms. The van der Waals surface area contributed by atoms with Gasteiger partial charge in [-0.1, -0.05) is 0 Å². The predicted octanol–water partition coefficient (Wildman–Crippen LogP) is 2.09. The summed E-state index contributed by atoms with van der Waals surface area (Å²) in [5, 5.41) is 2.81. The first-order valence-electron chi connectivity index (χ1n) is 5.83. The summed E-state index contributed by atoms with van der Waals surface area (Å²) in [6.07, 6.45) is 2.78. The van der Waals surface area contributed by atoms with Gasteiger partial charge in [-0.05, 0) is 30.3 Å². The van der Waals surface area contributed by atoms with Crippen LogP contribution in [0.4, 0.5) is 15.8 Å². The molecule has 0 atom stereocenters. The van der Waals surface area contributed by atoms with Gasteiger partial charge in [0.15, 0.2) is 0 Å². The first kappa shape index (κ1) is 14.3. The number of anilines is 2. The summed E-state index contributed by atoms with van der Waals surface area (Å²) < 4.78 is 39.1. The highest BCUT2D eigenvalue weighted by Gasteiger charge is 2.24. The lowest BCUT2D eigenvalue weighted by Crippen LogP contribution is -2.27. The Bertz CT molecular complexity index is 702. The second kappa shape index (κ2) is 5.46. The molecule has 1 N–H and O–H groups in total. The van der Waals surface area contributed by atoms with Crippen molar-refractivity contribution in [1.82, 2.24) is 4.98 Å². The van der Waals surface area contributed by atoms with E-state index in [1.54, 1.807) is 13.1 Å². The summed E-state index contributed by atoms with van der Waals surface area (Å²) in [5.74, 6) is -0.420. The molecular weight excluding hydrogens is 281 g/mol. The molecule has 5 nitrogen and oxygen atoms in total. The van der Waals surface area contributed by atoms with E-state index in [4.69, 9.17) is 0 Å². The maximum atomic E-state index is 12.9. The minimum atomic E-state index is -3.76. The number of nitrogens with zero attached hydrogens (tertiary/aromatic N) is 2. The molecule has 1 aromatic carbocycles. The molecule has 0 spiro atoms. The topological polar surface area (TPSA) is 62.3 Å². The van der Waals surface area contributed by atoms with Crippen LogP contribution in [-0.2, 0) is 10.0 Å². The summed E-state index contributed by atoms with van der Waals surface area (Å²) in [6.45, 7) is 0. The zero-order valence-electron chi connectivity index (χ0n) is 11.0. The standard InChI is InChI=1S/C13H14FN3O2S/c1-15-12-7-8-16-9-13(12)20(18,19)17(2)11-5-3-10(14)4-6-11/h3-9H,1-2H3,(H,15,16). The fraction of sp³-hybridized carbons (Fsp3) is 0.154. The molecule has 20 heavy (non-hydrogen) atoms. The van der Waals surface area contributed by atoms with Crippen LogP contribution in [0.1, 0.15) is 0 Å². The number of nitrogens with one attached hydrogen (secondary N) is 1. The average molecular weight is 295 g/mol. The maximum absolute atomic E-state index is 12.9. The molecule has 0 amide bonds. The van der Waals surface area contributed by atoms with Gasteiger partial charge in [-0.3, -0.25) is 9.29 Å². The summed E-state index contributed by atoms with van der Waals surface area (Å²) in [7, 11) is -0.719. The molecule has 2 aromatic rings. The molecule has 106 valence electrons. The fourth-order valence-electron chi connectivity index (χ4n) is 1.73. The van der Waals surface area contributed by atoms with Crippen LogP contribution >= 0.6 is 0 Å². The van der Waals surface area contributed by atoms with Gasteiger partial charge in [0.25, 0.3) is 10.0 Å². The van der Waals surface area contributed by atoms with Crippen molar-refractivity contribution in [2.75, 3.05) is 23.7 Å². The Hall–Kier alpha value is -2.15. The van der Waals surface area contributed by atoms with Crippen LogP contribution in [0.3, 0.4) is 0 Å². The van der Waals surface area contributed by atoms with Crippen molar-refractivity contribution in [2.45, 2.75) is 4.90 Å². The summed E-state index contributed by atoms with van der Waals surface area (Å²) in [5.41, 5.74) is 0.825. The number of sulfonamides is 1. The van der Waals surface area contributed by atoms with Gasteiger partial charge in [0.05, 0.1) is 11.4 Å². The van der Waals surface area contributed by atoms with Crippen LogP contribution in [0, 0.1) is 5.82 Å². The highest BCUT2D eigenvalue weighted by atomic mass is 32.2. The molecular formula is C13H14FN3O2S. The van der Waals surface area contributed by atoms with E-state index in [0.29, 0.717) is 11.4 Å². The number of benzene rings is 1. The predicted molar refractivity (Wildman–Crippen MR) is 75.8 cm³/mol. The van der Waals surface area contributed by atoms with Crippen molar-refractivity contribution in [1.29, 1.82) is 0 Å². The van der Waals surface area contributed by atoms with Crippen molar-refractivity contribution in [3.05, 3.63) is 48.5 Å². The molecule has 2 rings (SSSR count). The monoisotopic (exact) mass is 295 g/mol. The van der Waals surface area contributed by atoms with Crippen LogP contribution in [0.25, 0.3) is 0 Å². The molecule has 0 unspecified atom stereocenters. The molecule has 0 aliphatic carbocycles. The van der Waals surface area contributed by atoms with Gasteiger partial charge in [-0.25, -0.2) is 12.8 Å². The Kier molecular flexibility index (Phi) is 3.89. The molecule has 0 saturated heterocycles. The van der Waals surface area contributed by atoms with E-state index in [1.165, 1.54) is 43.7 Å². The lowest BCUT2D eigenvalue weighted by molar-refractivity contribution is 0.594. The quantitative estimate of drug-likeness (QED) is 0.938. The van der Waals surface area contributed by atoms with Gasteiger partial charge in [0.1, 0.15) is 10.7 Å². The van der Waals surface area contributed by atoms with Gasteiger partial charge in [-0.2, -0.15) is 0 Å². The fourth-order valence-corrected chi connectivity index (χ4v) is 3.07. The third-order valence-corrected chi connectivity index (χ3v) is 4.70. The van der Waals surface area contributed by atoms with Crippen molar-refractivity contribution >= 4 is 21.4 Å². The normalized spacial score (nSPS) is 11.2. The van der Waals surface area contributed by atoms with Crippen molar-refractivity contribution in [3.8, 4) is 0 Å². The van der Waals surface area contributed by atoms with E-state index in [-0.39, 0.29) is 4.90 Å². The number of hydrogen-bond donors (Lipinski definition) is 1. The Balaban J connectivity index is 2.46. The summed E-state index contributed by atoms with van der Waals surface area (Å²) in [6, 6.07) is 6.81. The zero-order valence-corrected chi connectivity index (χ0v) is 11.9. The zero-order chi connectivity index (χ0) is 14.8. The number of hydrogen-bond acceptors (Lipinski definition) is 4. The van der Waals surface area contributed by atoms with Crippen molar-refractivity contribution in [2.24, 2.45) is 0 Å². The molecule has 1 heterocycles. The average Bonchev–Trinajstić information content (AvgIpc) is 2.47. The smallest absolute Gasteiger partial charge is 0.267 e. The van der Waals surface area contributed by atoms with Crippen LogP contribution < -0.4 is 9.62 Å². The second-order valence-electron chi connectivity index (χ2n) is 4.07. The number of halogens is 1. The van der Waals surface area contributed by atoms with Gasteiger partial charge < -0.3 is 5.32 Å². The molecule has 0 radical (unpaired) electrons. The largest absolute Gasteiger partial charge is 0.387 e. The molecule has 0 saturated carbocycles. The highest BCUT2D eigenvalue weighted by molar-refractivity contribution is 7.93. The van der Waals surface area contributed by atoms with Crippen LogP contribution in [0.15, 0.2) is 47.6 Å². The lowest BCUT2D eigenvalue weighted by atomic mass is 10.3. The van der Waals surface area contributed by atoms with E-state index in [2.05, 4.69) is 10.3 Å². The molecule has 1 aromatic heterocycles. The number of aromatic nitrogens is 1. The summed E-state index contributed by atoms with van der Waals surface area (Å²) >= 11 is 0. The highest BCUT2D eigenvalue weighted by Crippen LogP contribution is 2.26. The van der Waals surface area contributed by atoms with Crippen molar-refractivity contribution < 1.29 is 12.8 Å². The first-order chi connectivity index (χ1) is 9.46. The maximum Gasteiger partial charge on any atom is 0.267 e. The summed E-state index contributed by atoms with van der Waals surface area (Å²) in [4.78, 5) is 3.91. The molecule has 0 bridgehead atoms. The van der Waals surface area contributed by atoms with Gasteiger partial charge >= 0.3 is 0 Å². The van der Waals surface area contributed by atoms with Gasteiger partial charge in [0.2, 0.25) is 0 Å². The van der Waals surface area contributed by atoms with E-state index >= 15 is 0 Å². The van der Waals surface area contributed by atoms with Gasteiger partial charge in [0, 0.05) is 26.5 Å². The van der Waals surface area contributed by atoms with Crippen LogP contribution in [-0.4, -0.2) is 27.5 Å². The molecule has 0 aliphatic heterocycles. The first-order valence-corrected chi connectivity index (χ1v) is 7.27. The third-order valence-electron chi connectivity index (χ3n) is 2.88. The third kappa shape index (κ3) is 2.57. The van der Waals surface area contributed by atoms with Gasteiger partial charge in [-0.15, -0.1) is 0 Å². The van der Waals surface area contributed by atoms with E-state index in [9.17, 15) is 12.8 Å². The number of rotatable bonds is 4. The molecule has 0 aliphatic rings. The SMILES string of the molecule is CNc1ccncc1S(=O)(=O)N(C)c1ccc(F)cc1. The second-order valence-corrected chi connectivity index (χ2v) is 6.01. The lowest BCUT2D eigenvalue weighted by Gasteiger charge is -2.20. The van der Waals surface area contributed by atoms with Crippen LogP contribution in [0.2, 0.25) is 0 Å². The Morgan fingerprint density at radius 1 is 1.20 bits per heavy atom. The Morgan fingerprint density at radius 2 is 1.85 bits per heavy atom. The Morgan fingerprint density at radius 3 is 2.45 bits per heavy atom.